The first-order valence-electron chi connectivity index (χ1n) is 8.35. The molecule has 2 aromatic heterocycles. The van der Waals surface area contributed by atoms with Crippen molar-refractivity contribution in [3.63, 3.8) is 0 Å². The zero-order valence-electron chi connectivity index (χ0n) is 14.9. The summed E-state index contributed by atoms with van der Waals surface area (Å²) in [5.41, 5.74) is 7.93. The van der Waals surface area contributed by atoms with Crippen LogP contribution >= 0.6 is 0 Å². The second-order valence-corrected chi connectivity index (χ2v) is 6.13. The van der Waals surface area contributed by atoms with E-state index in [1.54, 1.807) is 23.7 Å². The molecule has 2 N–H and O–H groups in total. The summed E-state index contributed by atoms with van der Waals surface area (Å²) >= 11 is 0. The molecular weight excluding hydrogens is 337 g/mol. The highest BCUT2D eigenvalue weighted by Gasteiger charge is 2.19. The third-order valence-corrected chi connectivity index (χ3v) is 3.97. The quantitative estimate of drug-likeness (QED) is 0.705. The average Bonchev–Trinajstić information content (AvgIpc) is 2.98. The second kappa shape index (κ2) is 7.07. The van der Waals surface area contributed by atoms with Crippen molar-refractivity contribution in [2.45, 2.75) is 33.2 Å². The number of hydrogen-bond donors (Lipinski definition) is 1. The Kier molecular flexibility index (Phi) is 4.83. The number of nitrogens with two attached hydrogens (primary N) is 1. The van der Waals surface area contributed by atoms with Crippen molar-refractivity contribution >= 4 is 22.8 Å². The first-order chi connectivity index (χ1) is 12.4. The normalized spacial score (nSPS) is 11.3. The first kappa shape index (κ1) is 17.8. The molecule has 0 aliphatic heterocycles. The van der Waals surface area contributed by atoms with Crippen molar-refractivity contribution in [2.75, 3.05) is 12.3 Å². The van der Waals surface area contributed by atoms with Crippen LogP contribution in [0.25, 0.3) is 22.3 Å². The largest absolute Gasteiger partial charge is 0.466 e. The molecule has 0 unspecified atom stereocenters. The minimum Gasteiger partial charge on any atom is -0.466 e. The lowest BCUT2D eigenvalue weighted by molar-refractivity contribution is -0.142. The van der Waals surface area contributed by atoms with Crippen molar-refractivity contribution in [2.24, 2.45) is 0 Å². The summed E-state index contributed by atoms with van der Waals surface area (Å²) in [6.07, 6.45) is 1.26. The summed E-state index contributed by atoms with van der Waals surface area (Å²) < 4.78 is 21.1. The number of nitrogens with zero attached hydrogens (tertiary/aromatic N) is 4. The predicted molar refractivity (Wildman–Crippen MR) is 95.9 cm³/mol. The predicted octanol–water partition coefficient (Wildman–Crippen LogP) is 2.90. The van der Waals surface area contributed by atoms with Crippen molar-refractivity contribution in [3.8, 4) is 11.3 Å². The van der Waals surface area contributed by atoms with Gasteiger partial charge in [0.05, 0.1) is 18.4 Å². The van der Waals surface area contributed by atoms with Gasteiger partial charge >= 0.3 is 5.97 Å². The van der Waals surface area contributed by atoms with Gasteiger partial charge in [-0.15, -0.1) is 0 Å². The van der Waals surface area contributed by atoms with Gasteiger partial charge in [0, 0.05) is 11.6 Å². The summed E-state index contributed by atoms with van der Waals surface area (Å²) in [5, 5.41) is 5.14. The number of halogens is 1. The number of carbonyl (C=O) groups is 1. The Morgan fingerprint density at radius 2 is 2.12 bits per heavy atom. The van der Waals surface area contributed by atoms with Crippen LogP contribution in [0.3, 0.4) is 0 Å². The summed E-state index contributed by atoms with van der Waals surface area (Å²) in [6.45, 7) is 5.91. The van der Waals surface area contributed by atoms with Gasteiger partial charge in [-0.1, -0.05) is 12.1 Å². The lowest BCUT2D eigenvalue weighted by Crippen LogP contribution is -2.08. The number of esters is 1. The van der Waals surface area contributed by atoms with Gasteiger partial charge in [-0.2, -0.15) is 5.10 Å². The minimum atomic E-state index is -0.502. The molecule has 0 spiro atoms. The molecular formula is C18H20FN5O2. The van der Waals surface area contributed by atoms with Crippen LogP contribution in [0.5, 0.6) is 0 Å². The molecule has 1 aromatic carbocycles. The number of aromatic nitrogens is 4. The highest BCUT2D eigenvalue weighted by Crippen LogP contribution is 2.32. The van der Waals surface area contributed by atoms with E-state index in [9.17, 15) is 9.18 Å². The van der Waals surface area contributed by atoms with E-state index in [-0.39, 0.29) is 30.5 Å². The summed E-state index contributed by atoms with van der Waals surface area (Å²) in [6, 6.07) is 4.65. The number of hydrogen-bond acceptors (Lipinski definition) is 6. The average molecular weight is 357 g/mol. The van der Waals surface area contributed by atoms with Crippen LogP contribution in [-0.4, -0.2) is 32.3 Å². The van der Waals surface area contributed by atoms with Crippen molar-refractivity contribution in [3.05, 3.63) is 35.9 Å². The molecule has 3 rings (SSSR count). The fourth-order valence-electron chi connectivity index (χ4n) is 2.76. The summed E-state index contributed by atoms with van der Waals surface area (Å²) in [4.78, 5) is 19.9. The van der Waals surface area contributed by atoms with Gasteiger partial charge in [0.1, 0.15) is 23.7 Å². The number of anilines is 1. The molecule has 0 aliphatic carbocycles. The fraction of sp³-hybridized carbons (Fsp3) is 0.333. The minimum absolute atomic E-state index is 0.0495. The second-order valence-electron chi connectivity index (χ2n) is 6.13. The lowest BCUT2D eigenvalue weighted by Gasteiger charge is -2.06. The molecule has 0 aliphatic rings. The molecule has 8 heteroatoms. The number of carbonyl (C=O) groups excluding carboxylic acids is 1. The van der Waals surface area contributed by atoms with Gasteiger partial charge in [-0.25, -0.2) is 19.0 Å². The van der Waals surface area contributed by atoms with E-state index < -0.39 is 11.8 Å². The van der Waals surface area contributed by atoms with Gasteiger partial charge in [-0.05, 0) is 32.4 Å². The SMILES string of the molecule is CCOC(=O)Cc1ccc(-c2nn(C(C)C)c3ncnc(N)c23)cc1F. The number of fused-ring (bicyclic) bond motifs is 1. The molecule has 0 amide bonds. The van der Waals surface area contributed by atoms with Crippen LogP contribution in [0, 0.1) is 5.82 Å². The molecule has 0 atom stereocenters. The maximum atomic E-state index is 14.5. The molecule has 0 bridgehead atoms. The van der Waals surface area contributed by atoms with E-state index >= 15 is 0 Å². The number of benzene rings is 1. The fourth-order valence-corrected chi connectivity index (χ4v) is 2.76. The van der Waals surface area contributed by atoms with E-state index in [0.717, 1.165) is 0 Å². The Morgan fingerprint density at radius 3 is 2.77 bits per heavy atom. The van der Waals surface area contributed by atoms with E-state index in [2.05, 4.69) is 15.1 Å². The molecule has 0 saturated heterocycles. The molecule has 136 valence electrons. The van der Waals surface area contributed by atoms with Gasteiger partial charge in [0.25, 0.3) is 0 Å². The lowest BCUT2D eigenvalue weighted by atomic mass is 10.0. The van der Waals surface area contributed by atoms with Crippen LogP contribution in [0.1, 0.15) is 32.4 Å². The smallest absolute Gasteiger partial charge is 0.310 e. The van der Waals surface area contributed by atoms with Crippen LogP contribution < -0.4 is 5.73 Å². The van der Waals surface area contributed by atoms with Crippen molar-refractivity contribution in [1.29, 1.82) is 0 Å². The van der Waals surface area contributed by atoms with Crippen molar-refractivity contribution < 1.29 is 13.9 Å². The molecule has 0 saturated carbocycles. The van der Waals surface area contributed by atoms with Crippen LogP contribution in [0.4, 0.5) is 10.2 Å². The first-order valence-corrected chi connectivity index (χ1v) is 8.35. The Labute approximate surface area is 150 Å². The number of ether oxygens (including phenoxy) is 1. The highest BCUT2D eigenvalue weighted by atomic mass is 19.1. The Hall–Kier alpha value is -3.03. The molecule has 7 nitrogen and oxygen atoms in total. The van der Waals surface area contributed by atoms with Crippen LogP contribution in [0.15, 0.2) is 24.5 Å². The third-order valence-electron chi connectivity index (χ3n) is 3.97. The van der Waals surface area contributed by atoms with E-state index in [0.29, 0.717) is 22.3 Å². The van der Waals surface area contributed by atoms with Gasteiger partial charge in [-0.3, -0.25) is 4.79 Å². The molecule has 0 radical (unpaired) electrons. The zero-order chi connectivity index (χ0) is 18.8. The molecule has 0 fully saturated rings. The maximum absolute atomic E-state index is 14.5. The van der Waals surface area contributed by atoms with E-state index in [4.69, 9.17) is 10.5 Å². The Morgan fingerprint density at radius 1 is 1.35 bits per heavy atom. The van der Waals surface area contributed by atoms with E-state index in [1.807, 2.05) is 13.8 Å². The highest BCUT2D eigenvalue weighted by molar-refractivity contribution is 5.98. The standard InChI is InChI=1S/C18H20FN5O2/c1-4-26-14(25)8-11-5-6-12(7-13(11)19)16-15-17(20)21-9-22-18(15)24(23-16)10(2)3/h5-7,9-10H,4,8H2,1-3H3,(H2,20,21,22). The maximum Gasteiger partial charge on any atom is 0.310 e. The van der Waals surface area contributed by atoms with Crippen LogP contribution in [-0.2, 0) is 16.0 Å². The number of rotatable bonds is 5. The molecule has 3 aromatic rings. The summed E-state index contributed by atoms with van der Waals surface area (Å²) in [7, 11) is 0. The molecule has 26 heavy (non-hydrogen) atoms. The van der Waals surface area contributed by atoms with Crippen LogP contribution in [0.2, 0.25) is 0 Å². The Bertz CT molecular complexity index is 968. The molecule has 2 heterocycles. The topological polar surface area (TPSA) is 95.9 Å². The number of nitrogen functional groups attached to an aromatic ring is 1. The monoisotopic (exact) mass is 357 g/mol. The third kappa shape index (κ3) is 3.22. The van der Waals surface area contributed by atoms with Gasteiger partial charge in [0.2, 0.25) is 0 Å². The van der Waals surface area contributed by atoms with Gasteiger partial charge < -0.3 is 10.5 Å². The Balaban J connectivity index is 2.07. The van der Waals surface area contributed by atoms with Gasteiger partial charge in [0.15, 0.2) is 5.65 Å². The zero-order valence-corrected chi connectivity index (χ0v) is 14.9. The van der Waals surface area contributed by atoms with Crippen molar-refractivity contribution in [1.82, 2.24) is 19.7 Å². The van der Waals surface area contributed by atoms with E-state index in [1.165, 1.54) is 12.4 Å². The summed E-state index contributed by atoms with van der Waals surface area (Å²) in [5.74, 6) is -0.683.